The van der Waals surface area contributed by atoms with Gasteiger partial charge < -0.3 is 19.4 Å². The van der Waals surface area contributed by atoms with Crippen LogP contribution in [-0.2, 0) is 11.4 Å². The van der Waals surface area contributed by atoms with Gasteiger partial charge in [-0.3, -0.25) is 9.59 Å². The molecule has 1 N–H and O–H groups in total. The molecule has 2 aromatic carbocycles. The molecule has 0 spiro atoms. The van der Waals surface area contributed by atoms with Crippen LogP contribution in [0.15, 0.2) is 52.9 Å². The van der Waals surface area contributed by atoms with Crippen molar-refractivity contribution < 1.29 is 18.7 Å². The van der Waals surface area contributed by atoms with Crippen LogP contribution in [0.3, 0.4) is 0 Å². The molecule has 4 rings (SSSR count). The van der Waals surface area contributed by atoms with Crippen molar-refractivity contribution in [1.82, 2.24) is 10.2 Å². The van der Waals surface area contributed by atoms with Crippen LogP contribution in [0.4, 0.5) is 0 Å². The minimum Gasteiger partial charge on any atom is -0.489 e. The van der Waals surface area contributed by atoms with Gasteiger partial charge >= 0.3 is 0 Å². The molecule has 6 nitrogen and oxygen atoms in total. The van der Waals surface area contributed by atoms with Crippen LogP contribution >= 0.6 is 0 Å². The minimum atomic E-state index is -0.183. The van der Waals surface area contributed by atoms with Crippen molar-refractivity contribution in [2.24, 2.45) is 0 Å². The fourth-order valence-corrected chi connectivity index (χ4v) is 3.73. The summed E-state index contributed by atoms with van der Waals surface area (Å²) >= 11 is 0. The third-order valence-corrected chi connectivity index (χ3v) is 5.28. The Kier molecular flexibility index (Phi) is 5.25. The largest absolute Gasteiger partial charge is 0.489 e. The van der Waals surface area contributed by atoms with E-state index in [2.05, 4.69) is 5.32 Å². The number of aryl methyl sites for hydroxylation is 1. The second-order valence-electron chi connectivity index (χ2n) is 7.39. The molecule has 1 atom stereocenters. The van der Waals surface area contributed by atoms with E-state index in [0.29, 0.717) is 42.4 Å². The molecule has 1 aliphatic rings. The predicted octanol–water partition coefficient (Wildman–Crippen LogP) is 3.67. The van der Waals surface area contributed by atoms with Gasteiger partial charge in [0.1, 0.15) is 23.7 Å². The highest BCUT2D eigenvalue weighted by Gasteiger charge is 2.27. The molecule has 1 fully saturated rings. The number of benzene rings is 2. The number of fused-ring (bicyclic) bond motifs is 1. The molecule has 0 bridgehead atoms. The number of hydrogen-bond acceptors (Lipinski definition) is 4. The first-order valence-corrected chi connectivity index (χ1v) is 9.77. The standard InChI is InChI=1S/C23H24N2O4/c1-15-22(23(27)24-18-10-11-25(13-18)16(2)26)20-12-19(8-9-21(20)29-15)28-14-17-6-4-3-5-7-17/h3-9,12,18H,10-11,13-14H2,1-2H3,(H,24,27)/t18-/m0/s1. The molecule has 0 radical (unpaired) electrons. The number of ether oxygens (including phenoxy) is 1. The Hall–Kier alpha value is -3.28. The molecule has 6 heteroatoms. The average molecular weight is 392 g/mol. The summed E-state index contributed by atoms with van der Waals surface area (Å²) in [5.74, 6) is 1.10. The molecule has 1 aromatic heterocycles. The van der Waals surface area contributed by atoms with Crippen molar-refractivity contribution in [2.75, 3.05) is 13.1 Å². The van der Waals surface area contributed by atoms with Crippen molar-refractivity contribution in [3.63, 3.8) is 0 Å². The van der Waals surface area contributed by atoms with E-state index < -0.39 is 0 Å². The van der Waals surface area contributed by atoms with Crippen LogP contribution in [0.1, 0.15) is 35.0 Å². The number of nitrogens with one attached hydrogen (secondary N) is 1. The van der Waals surface area contributed by atoms with Crippen molar-refractivity contribution in [1.29, 1.82) is 0 Å². The van der Waals surface area contributed by atoms with E-state index in [-0.39, 0.29) is 17.9 Å². The van der Waals surface area contributed by atoms with Gasteiger partial charge in [0.25, 0.3) is 5.91 Å². The molecule has 2 heterocycles. The van der Waals surface area contributed by atoms with Crippen LogP contribution in [0.5, 0.6) is 5.75 Å². The number of furan rings is 1. The Balaban J connectivity index is 1.51. The first-order valence-electron chi connectivity index (χ1n) is 9.77. The molecule has 0 aliphatic carbocycles. The number of nitrogens with zero attached hydrogens (tertiary/aromatic N) is 1. The first kappa shape index (κ1) is 19.1. The van der Waals surface area contributed by atoms with Crippen LogP contribution in [0.25, 0.3) is 11.0 Å². The second-order valence-corrected chi connectivity index (χ2v) is 7.39. The summed E-state index contributed by atoms with van der Waals surface area (Å²) in [7, 11) is 0. The van der Waals surface area contributed by atoms with E-state index in [4.69, 9.17) is 9.15 Å². The lowest BCUT2D eigenvalue weighted by Crippen LogP contribution is -2.38. The minimum absolute atomic E-state index is 0.0342. The van der Waals surface area contributed by atoms with Crippen molar-refractivity contribution >= 4 is 22.8 Å². The van der Waals surface area contributed by atoms with Crippen LogP contribution in [0.2, 0.25) is 0 Å². The van der Waals surface area contributed by atoms with Gasteiger partial charge in [0, 0.05) is 31.4 Å². The van der Waals surface area contributed by atoms with Gasteiger partial charge in [-0.1, -0.05) is 30.3 Å². The monoisotopic (exact) mass is 392 g/mol. The summed E-state index contributed by atoms with van der Waals surface area (Å²) in [5.41, 5.74) is 2.24. The second kappa shape index (κ2) is 7.99. The number of carbonyl (C=O) groups excluding carboxylic acids is 2. The third-order valence-electron chi connectivity index (χ3n) is 5.28. The average Bonchev–Trinajstić information content (AvgIpc) is 3.30. The van der Waals surface area contributed by atoms with Gasteiger partial charge in [-0.05, 0) is 37.1 Å². The highest BCUT2D eigenvalue weighted by molar-refractivity contribution is 6.07. The van der Waals surface area contributed by atoms with E-state index in [9.17, 15) is 9.59 Å². The molecule has 1 saturated heterocycles. The molecular weight excluding hydrogens is 368 g/mol. The maximum atomic E-state index is 12.9. The van der Waals surface area contributed by atoms with Gasteiger partial charge in [0.15, 0.2) is 0 Å². The molecule has 0 saturated carbocycles. The van der Waals surface area contributed by atoms with Crippen LogP contribution in [-0.4, -0.2) is 35.8 Å². The molecule has 3 aromatic rings. The Bertz CT molecular complexity index is 1040. The predicted molar refractivity (Wildman–Crippen MR) is 110 cm³/mol. The summed E-state index contributed by atoms with van der Waals surface area (Å²) in [6.07, 6.45) is 0.756. The zero-order valence-electron chi connectivity index (χ0n) is 16.6. The van der Waals surface area contributed by atoms with Crippen LogP contribution < -0.4 is 10.1 Å². The lowest BCUT2D eigenvalue weighted by atomic mass is 10.1. The van der Waals surface area contributed by atoms with Gasteiger partial charge in [-0.25, -0.2) is 0 Å². The zero-order chi connectivity index (χ0) is 20.4. The maximum Gasteiger partial charge on any atom is 0.255 e. The summed E-state index contributed by atoms with van der Waals surface area (Å²) in [4.78, 5) is 26.2. The highest BCUT2D eigenvalue weighted by Crippen LogP contribution is 2.29. The Morgan fingerprint density at radius 3 is 2.72 bits per heavy atom. The Morgan fingerprint density at radius 1 is 1.21 bits per heavy atom. The number of rotatable bonds is 5. The SMILES string of the molecule is CC(=O)N1CC[C@H](NC(=O)c2c(C)oc3ccc(OCc4ccccc4)cc23)C1. The van der Waals surface area contributed by atoms with Crippen LogP contribution in [0, 0.1) is 6.92 Å². The summed E-state index contributed by atoms with van der Waals surface area (Å²) < 4.78 is 11.7. The van der Waals surface area contributed by atoms with E-state index in [1.165, 1.54) is 0 Å². The zero-order valence-corrected chi connectivity index (χ0v) is 16.6. The fraction of sp³-hybridized carbons (Fsp3) is 0.304. The Labute approximate surface area is 169 Å². The number of carbonyl (C=O) groups is 2. The van der Waals surface area contributed by atoms with E-state index in [1.807, 2.05) is 48.5 Å². The van der Waals surface area contributed by atoms with Gasteiger partial charge in [0.05, 0.1) is 5.56 Å². The van der Waals surface area contributed by atoms with E-state index >= 15 is 0 Å². The third kappa shape index (κ3) is 4.11. The topological polar surface area (TPSA) is 71.8 Å². The van der Waals surface area contributed by atoms with E-state index in [1.54, 1.807) is 18.7 Å². The van der Waals surface area contributed by atoms with Crippen molar-refractivity contribution in [3.05, 3.63) is 65.4 Å². The fourth-order valence-electron chi connectivity index (χ4n) is 3.73. The normalized spacial score (nSPS) is 16.2. The molecule has 150 valence electrons. The van der Waals surface area contributed by atoms with Gasteiger partial charge in [-0.2, -0.15) is 0 Å². The lowest BCUT2D eigenvalue weighted by Gasteiger charge is -2.15. The van der Waals surface area contributed by atoms with Crippen molar-refractivity contribution in [2.45, 2.75) is 32.9 Å². The lowest BCUT2D eigenvalue weighted by molar-refractivity contribution is -0.127. The molecule has 0 unspecified atom stereocenters. The smallest absolute Gasteiger partial charge is 0.255 e. The Morgan fingerprint density at radius 2 is 2.00 bits per heavy atom. The first-order chi connectivity index (χ1) is 14.0. The number of hydrogen-bond donors (Lipinski definition) is 1. The molecule has 1 aliphatic heterocycles. The maximum absolute atomic E-state index is 12.9. The quantitative estimate of drug-likeness (QED) is 0.719. The molecule has 29 heavy (non-hydrogen) atoms. The number of likely N-dealkylation sites (tertiary alicyclic amines) is 1. The van der Waals surface area contributed by atoms with E-state index in [0.717, 1.165) is 17.4 Å². The summed E-state index contributed by atoms with van der Waals surface area (Å²) in [5, 5.41) is 3.77. The van der Waals surface area contributed by atoms with Gasteiger partial charge in [-0.15, -0.1) is 0 Å². The number of amides is 2. The summed E-state index contributed by atoms with van der Waals surface area (Å²) in [6.45, 7) is 5.00. The molecular formula is C23H24N2O4. The summed E-state index contributed by atoms with van der Waals surface area (Å²) in [6, 6.07) is 15.4. The van der Waals surface area contributed by atoms with Crippen molar-refractivity contribution in [3.8, 4) is 5.75 Å². The van der Waals surface area contributed by atoms with Gasteiger partial charge in [0.2, 0.25) is 5.91 Å². The molecule has 2 amide bonds. The highest BCUT2D eigenvalue weighted by atomic mass is 16.5.